The third-order valence-electron chi connectivity index (χ3n) is 2.57. The molecule has 1 saturated heterocycles. The first kappa shape index (κ1) is 13.2. The summed E-state index contributed by atoms with van der Waals surface area (Å²) in [4.78, 5) is 18.1. The molecule has 0 unspecified atom stereocenters. The fourth-order valence-electron chi connectivity index (χ4n) is 1.69. The van der Waals surface area contributed by atoms with Crippen LogP contribution in [0.15, 0.2) is 9.50 Å². The molecule has 0 bridgehead atoms. The van der Waals surface area contributed by atoms with Gasteiger partial charge in [0, 0.05) is 25.3 Å². The summed E-state index contributed by atoms with van der Waals surface area (Å²) in [6.45, 7) is 1.89. The highest BCUT2D eigenvalue weighted by Crippen LogP contribution is 2.24. The van der Waals surface area contributed by atoms with Crippen molar-refractivity contribution < 1.29 is 4.79 Å². The van der Waals surface area contributed by atoms with Crippen molar-refractivity contribution >= 4 is 41.0 Å². The van der Waals surface area contributed by atoms with Crippen LogP contribution in [0.1, 0.15) is 19.3 Å². The van der Waals surface area contributed by atoms with Crippen LogP contribution in [0.2, 0.25) is 0 Å². The number of carbonyl (C=O) groups excluding carboxylic acids is 1. The van der Waals surface area contributed by atoms with E-state index in [1.54, 1.807) is 23.5 Å². The molecule has 94 valence electrons. The molecule has 2 heterocycles. The van der Waals surface area contributed by atoms with E-state index >= 15 is 0 Å². The zero-order valence-electron chi connectivity index (χ0n) is 9.72. The topological polar surface area (TPSA) is 46.1 Å². The third kappa shape index (κ3) is 3.86. The molecule has 0 radical (unpaired) electrons. The smallest absolute Gasteiger partial charge is 0.223 e. The molecule has 1 aliphatic heterocycles. The Kier molecular flexibility index (Phi) is 5.12. The first-order valence-corrected chi connectivity index (χ1v) is 8.56. The highest BCUT2D eigenvalue weighted by Gasteiger charge is 2.17. The molecular formula is C10H15N3OS3. The van der Waals surface area contributed by atoms with Gasteiger partial charge in [-0.15, -0.1) is 0 Å². The summed E-state index contributed by atoms with van der Waals surface area (Å²) in [5, 5.41) is 0.823. The summed E-state index contributed by atoms with van der Waals surface area (Å²) in [6, 6.07) is 0. The van der Waals surface area contributed by atoms with Crippen LogP contribution in [-0.2, 0) is 4.79 Å². The van der Waals surface area contributed by atoms with E-state index in [1.807, 2.05) is 11.2 Å². The van der Waals surface area contributed by atoms with Gasteiger partial charge in [-0.05, 0) is 30.6 Å². The molecule has 1 aliphatic rings. The van der Waals surface area contributed by atoms with E-state index in [2.05, 4.69) is 9.36 Å². The van der Waals surface area contributed by atoms with Crippen molar-refractivity contribution in [2.45, 2.75) is 28.8 Å². The lowest BCUT2D eigenvalue weighted by Crippen LogP contribution is -2.27. The Morgan fingerprint density at radius 3 is 2.88 bits per heavy atom. The Bertz CT molecular complexity index is 377. The molecule has 0 saturated carbocycles. The molecule has 1 aromatic heterocycles. The Morgan fingerprint density at radius 1 is 1.47 bits per heavy atom. The lowest BCUT2D eigenvalue weighted by molar-refractivity contribution is -0.129. The van der Waals surface area contributed by atoms with Crippen LogP contribution in [-0.4, -0.2) is 45.3 Å². The van der Waals surface area contributed by atoms with E-state index in [4.69, 9.17) is 0 Å². The van der Waals surface area contributed by atoms with Crippen molar-refractivity contribution in [2.75, 3.05) is 25.1 Å². The van der Waals surface area contributed by atoms with E-state index in [0.29, 0.717) is 6.42 Å². The van der Waals surface area contributed by atoms with Gasteiger partial charge in [0.15, 0.2) is 4.34 Å². The zero-order valence-corrected chi connectivity index (χ0v) is 12.2. The summed E-state index contributed by atoms with van der Waals surface area (Å²) < 4.78 is 5.15. The van der Waals surface area contributed by atoms with Crippen molar-refractivity contribution in [3.63, 3.8) is 0 Å². The van der Waals surface area contributed by atoms with Gasteiger partial charge in [0.2, 0.25) is 11.1 Å². The quantitative estimate of drug-likeness (QED) is 0.779. The van der Waals surface area contributed by atoms with Crippen LogP contribution in [0, 0.1) is 0 Å². The molecule has 0 aromatic carbocycles. The van der Waals surface area contributed by atoms with Crippen molar-refractivity contribution in [2.24, 2.45) is 0 Å². The van der Waals surface area contributed by atoms with Gasteiger partial charge < -0.3 is 4.90 Å². The Morgan fingerprint density at radius 2 is 2.24 bits per heavy atom. The fraction of sp³-hybridized carbons (Fsp3) is 0.700. The van der Waals surface area contributed by atoms with Crippen LogP contribution >= 0.6 is 35.1 Å². The lowest BCUT2D eigenvalue weighted by atomic mass is 10.4. The van der Waals surface area contributed by atoms with Gasteiger partial charge in [0.25, 0.3) is 0 Å². The number of nitrogens with zero attached hydrogens (tertiary/aromatic N) is 3. The molecule has 0 aliphatic carbocycles. The highest BCUT2D eigenvalue weighted by atomic mass is 32.2. The standard InChI is InChI=1S/C10H15N3OS3/c1-15-9-11-10(17-12-9)16-7-4-8(14)13-5-2-3-6-13/h2-7H2,1H3. The van der Waals surface area contributed by atoms with E-state index in [-0.39, 0.29) is 5.91 Å². The average Bonchev–Trinajstić information content (AvgIpc) is 3.00. The number of likely N-dealkylation sites (tertiary alicyclic amines) is 1. The molecule has 0 N–H and O–H groups in total. The maximum atomic E-state index is 11.8. The molecule has 1 fully saturated rings. The zero-order chi connectivity index (χ0) is 12.1. The predicted molar refractivity (Wildman–Crippen MR) is 72.8 cm³/mol. The van der Waals surface area contributed by atoms with Gasteiger partial charge in [-0.3, -0.25) is 4.79 Å². The number of aromatic nitrogens is 2. The van der Waals surface area contributed by atoms with Crippen LogP contribution in [0.4, 0.5) is 0 Å². The van der Waals surface area contributed by atoms with E-state index < -0.39 is 0 Å². The lowest BCUT2D eigenvalue weighted by Gasteiger charge is -2.14. The molecule has 0 spiro atoms. The van der Waals surface area contributed by atoms with Gasteiger partial charge in [0.05, 0.1) is 0 Å². The first-order chi connectivity index (χ1) is 8.29. The van der Waals surface area contributed by atoms with Crippen LogP contribution in [0.3, 0.4) is 0 Å². The Hall–Kier alpha value is -0.270. The maximum absolute atomic E-state index is 11.8. The molecular weight excluding hydrogens is 274 g/mol. The van der Waals surface area contributed by atoms with Crippen molar-refractivity contribution in [3.05, 3.63) is 0 Å². The summed E-state index contributed by atoms with van der Waals surface area (Å²) in [5.41, 5.74) is 0. The highest BCUT2D eigenvalue weighted by molar-refractivity contribution is 8.01. The number of hydrogen-bond donors (Lipinski definition) is 0. The summed E-state index contributed by atoms with van der Waals surface area (Å²) in [7, 11) is 0. The number of hydrogen-bond acceptors (Lipinski definition) is 6. The minimum absolute atomic E-state index is 0.282. The van der Waals surface area contributed by atoms with E-state index in [1.165, 1.54) is 11.5 Å². The SMILES string of the molecule is CSc1nsc(SCCC(=O)N2CCCC2)n1. The molecule has 0 atom stereocenters. The minimum atomic E-state index is 0.282. The van der Waals surface area contributed by atoms with Gasteiger partial charge in [-0.25, -0.2) is 4.98 Å². The number of amides is 1. The summed E-state index contributed by atoms with van der Waals surface area (Å²) in [6.07, 6.45) is 4.89. The van der Waals surface area contributed by atoms with E-state index in [9.17, 15) is 4.79 Å². The average molecular weight is 289 g/mol. The number of carbonyl (C=O) groups is 1. The predicted octanol–water partition coefficient (Wildman–Crippen LogP) is 2.36. The van der Waals surface area contributed by atoms with Crippen LogP contribution in [0.25, 0.3) is 0 Å². The van der Waals surface area contributed by atoms with Crippen LogP contribution < -0.4 is 0 Å². The number of thioether (sulfide) groups is 2. The molecule has 4 nitrogen and oxygen atoms in total. The summed E-state index contributed by atoms with van der Waals surface area (Å²) in [5.74, 6) is 1.09. The monoisotopic (exact) mass is 289 g/mol. The molecule has 2 rings (SSSR count). The summed E-state index contributed by atoms with van der Waals surface area (Å²) >= 11 is 4.59. The normalized spacial score (nSPS) is 15.5. The second-order valence-corrected chi connectivity index (χ2v) is 6.60. The Balaban J connectivity index is 1.69. The van der Waals surface area contributed by atoms with Gasteiger partial charge in [0.1, 0.15) is 0 Å². The maximum Gasteiger partial charge on any atom is 0.223 e. The number of rotatable bonds is 5. The fourth-order valence-corrected chi connectivity index (χ4v) is 3.90. The molecule has 7 heteroatoms. The largest absolute Gasteiger partial charge is 0.343 e. The van der Waals surface area contributed by atoms with Gasteiger partial charge >= 0.3 is 0 Å². The van der Waals surface area contributed by atoms with Crippen LogP contribution in [0.5, 0.6) is 0 Å². The third-order valence-corrected chi connectivity index (χ3v) is 5.07. The molecule has 1 aromatic rings. The Labute approximate surface area is 114 Å². The van der Waals surface area contributed by atoms with Crippen molar-refractivity contribution in [1.29, 1.82) is 0 Å². The van der Waals surface area contributed by atoms with Gasteiger partial charge in [-0.2, -0.15) is 4.37 Å². The second-order valence-electron chi connectivity index (χ2n) is 3.73. The molecule has 1 amide bonds. The molecule has 17 heavy (non-hydrogen) atoms. The minimum Gasteiger partial charge on any atom is -0.343 e. The second kappa shape index (κ2) is 6.61. The van der Waals surface area contributed by atoms with Gasteiger partial charge in [-0.1, -0.05) is 23.5 Å². The van der Waals surface area contributed by atoms with Crippen molar-refractivity contribution in [3.8, 4) is 0 Å². The first-order valence-electron chi connectivity index (χ1n) is 5.58. The van der Waals surface area contributed by atoms with E-state index in [0.717, 1.165) is 41.2 Å². The van der Waals surface area contributed by atoms with Crippen molar-refractivity contribution in [1.82, 2.24) is 14.3 Å².